The molecule has 0 fully saturated rings. The lowest BCUT2D eigenvalue weighted by molar-refractivity contribution is -0.120. The molecule has 1 amide bonds. The van der Waals surface area contributed by atoms with Gasteiger partial charge in [-0.15, -0.1) is 0 Å². The van der Waals surface area contributed by atoms with Crippen molar-refractivity contribution in [3.8, 4) is 0 Å². The third-order valence-electron chi connectivity index (χ3n) is 4.44. The van der Waals surface area contributed by atoms with Crippen LogP contribution in [0.5, 0.6) is 0 Å². The highest BCUT2D eigenvalue weighted by Crippen LogP contribution is 2.29. The molecule has 0 saturated heterocycles. The minimum Gasteiger partial charge on any atom is -0.348 e. The van der Waals surface area contributed by atoms with E-state index in [0.717, 1.165) is 35.4 Å². The van der Waals surface area contributed by atoms with Crippen LogP contribution in [0.15, 0.2) is 54.6 Å². The number of hydrogen-bond donors (Lipinski definition) is 1. The molecule has 2 aromatic rings. The van der Waals surface area contributed by atoms with E-state index >= 15 is 0 Å². The second kappa shape index (κ2) is 7.27. The summed E-state index contributed by atoms with van der Waals surface area (Å²) in [6, 6.07) is 16.7. The predicted molar refractivity (Wildman–Crippen MR) is 98.9 cm³/mol. The van der Waals surface area contributed by atoms with E-state index in [1.54, 1.807) is 24.3 Å². The smallest absolute Gasteiger partial charge is 0.241 e. The molecule has 0 spiro atoms. The zero-order valence-corrected chi connectivity index (χ0v) is 15.0. The van der Waals surface area contributed by atoms with E-state index < -0.39 is 10.0 Å². The lowest BCUT2D eigenvalue weighted by Crippen LogP contribution is -2.42. The Balaban J connectivity index is 1.75. The average molecular weight is 358 g/mol. The summed E-state index contributed by atoms with van der Waals surface area (Å²) in [6.07, 6.45) is 4.01. The van der Waals surface area contributed by atoms with Crippen molar-refractivity contribution in [1.82, 2.24) is 5.32 Å². The molecule has 0 aliphatic heterocycles. The molecule has 25 heavy (non-hydrogen) atoms. The van der Waals surface area contributed by atoms with Crippen LogP contribution in [0.4, 0.5) is 5.69 Å². The first kappa shape index (κ1) is 17.5. The number of para-hydroxylation sites is 1. The molecular formula is C19H22N2O3S. The van der Waals surface area contributed by atoms with Crippen molar-refractivity contribution in [2.24, 2.45) is 0 Å². The van der Waals surface area contributed by atoms with Crippen LogP contribution in [0.3, 0.4) is 0 Å². The minimum atomic E-state index is -3.54. The molecule has 0 saturated carbocycles. The number of rotatable bonds is 5. The number of carbonyl (C=O) groups excluding carboxylic acids is 1. The first-order valence-corrected chi connectivity index (χ1v) is 10.2. The molecular weight excluding hydrogens is 336 g/mol. The Morgan fingerprint density at radius 1 is 1.12 bits per heavy atom. The summed E-state index contributed by atoms with van der Waals surface area (Å²) >= 11 is 0. The Hall–Kier alpha value is -2.34. The normalized spacial score (nSPS) is 16.8. The highest BCUT2D eigenvalue weighted by atomic mass is 32.2. The summed E-state index contributed by atoms with van der Waals surface area (Å²) in [5, 5.41) is 3.00. The van der Waals surface area contributed by atoms with Crippen molar-refractivity contribution >= 4 is 21.6 Å². The molecule has 132 valence electrons. The van der Waals surface area contributed by atoms with Gasteiger partial charge in [0.2, 0.25) is 15.9 Å². The van der Waals surface area contributed by atoms with Crippen LogP contribution in [-0.4, -0.2) is 27.1 Å². The number of carbonyl (C=O) groups is 1. The van der Waals surface area contributed by atoms with Crippen molar-refractivity contribution in [3.05, 3.63) is 65.7 Å². The number of fused-ring (bicyclic) bond motifs is 1. The topological polar surface area (TPSA) is 66.5 Å². The third kappa shape index (κ3) is 4.20. The average Bonchev–Trinajstić information content (AvgIpc) is 2.60. The Kier molecular flexibility index (Phi) is 5.08. The summed E-state index contributed by atoms with van der Waals surface area (Å²) in [7, 11) is -3.54. The van der Waals surface area contributed by atoms with Crippen LogP contribution >= 0.6 is 0 Å². The van der Waals surface area contributed by atoms with E-state index in [2.05, 4.69) is 11.4 Å². The maximum Gasteiger partial charge on any atom is 0.241 e. The Bertz CT molecular complexity index is 850. The highest BCUT2D eigenvalue weighted by Gasteiger charge is 2.25. The van der Waals surface area contributed by atoms with Gasteiger partial charge in [-0.25, -0.2) is 8.42 Å². The number of hydrogen-bond acceptors (Lipinski definition) is 3. The summed E-state index contributed by atoms with van der Waals surface area (Å²) in [5.41, 5.74) is 2.87. The molecule has 5 nitrogen and oxygen atoms in total. The molecule has 1 atom stereocenters. The zero-order chi connectivity index (χ0) is 17.9. The van der Waals surface area contributed by atoms with E-state index in [0.29, 0.717) is 5.69 Å². The van der Waals surface area contributed by atoms with Gasteiger partial charge in [-0.3, -0.25) is 9.10 Å². The quantitative estimate of drug-likeness (QED) is 0.893. The maximum atomic E-state index is 12.5. The third-order valence-corrected chi connectivity index (χ3v) is 5.58. The lowest BCUT2D eigenvalue weighted by atomic mass is 9.88. The second-order valence-corrected chi connectivity index (χ2v) is 8.22. The van der Waals surface area contributed by atoms with Crippen LogP contribution in [0.1, 0.15) is 30.0 Å². The van der Waals surface area contributed by atoms with Gasteiger partial charge in [-0.05, 0) is 42.5 Å². The van der Waals surface area contributed by atoms with Gasteiger partial charge in [0.05, 0.1) is 18.0 Å². The number of nitrogens with zero attached hydrogens (tertiary/aromatic N) is 1. The molecule has 0 bridgehead atoms. The molecule has 2 aromatic carbocycles. The summed E-state index contributed by atoms with van der Waals surface area (Å²) < 4.78 is 25.3. The van der Waals surface area contributed by atoms with Gasteiger partial charge in [0, 0.05) is 0 Å². The summed E-state index contributed by atoms with van der Waals surface area (Å²) in [4.78, 5) is 12.5. The van der Waals surface area contributed by atoms with E-state index in [4.69, 9.17) is 0 Å². The van der Waals surface area contributed by atoms with Gasteiger partial charge >= 0.3 is 0 Å². The molecule has 0 aromatic heterocycles. The first-order valence-electron chi connectivity index (χ1n) is 8.35. The number of benzene rings is 2. The fourth-order valence-electron chi connectivity index (χ4n) is 3.27. The fraction of sp³-hybridized carbons (Fsp3) is 0.316. The molecule has 3 rings (SSSR count). The van der Waals surface area contributed by atoms with Crippen LogP contribution in [0, 0.1) is 0 Å². The van der Waals surface area contributed by atoms with Gasteiger partial charge < -0.3 is 5.32 Å². The molecule has 1 N–H and O–H groups in total. The van der Waals surface area contributed by atoms with Crippen molar-refractivity contribution in [1.29, 1.82) is 0 Å². The molecule has 1 aliphatic carbocycles. The van der Waals surface area contributed by atoms with Crippen LogP contribution in [0.25, 0.3) is 0 Å². The zero-order valence-electron chi connectivity index (χ0n) is 14.2. The van der Waals surface area contributed by atoms with Gasteiger partial charge in [-0.1, -0.05) is 42.5 Å². The maximum absolute atomic E-state index is 12.5. The van der Waals surface area contributed by atoms with Crippen molar-refractivity contribution < 1.29 is 13.2 Å². The minimum absolute atomic E-state index is 0.0605. The van der Waals surface area contributed by atoms with Crippen LogP contribution in [-0.2, 0) is 21.2 Å². The first-order chi connectivity index (χ1) is 11.9. The van der Waals surface area contributed by atoms with Crippen molar-refractivity contribution in [3.63, 3.8) is 0 Å². The predicted octanol–water partition coefficient (Wildman–Crippen LogP) is 2.65. The Morgan fingerprint density at radius 3 is 2.52 bits per heavy atom. The van der Waals surface area contributed by atoms with Crippen molar-refractivity contribution in [2.75, 3.05) is 17.1 Å². The van der Waals surface area contributed by atoms with Crippen LogP contribution < -0.4 is 9.62 Å². The molecule has 0 unspecified atom stereocenters. The number of anilines is 1. The summed E-state index contributed by atoms with van der Waals surface area (Å²) in [5.74, 6) is -0.295. The second-order valence-electron chi connectivity index (χ2n) is 6.32. The van der Waals surface area contributed by atoms with E-state index in [1.165, 1.54) is 5.56 Å². The van der Waals surface area contributed by atoms with Crippen LogP contribution in [0.2, 0.25) is 0 Å². The van der Waals surface area contributed by atoms with Gasteiger partial charge in [0.1, 0.15) is 6.54 Å². The largest absolute Gasteiger partial charge is 0.348 e. The SMILES string of the molecule is CS(=O)(=O)N(CC(=O)N[C@H]1CCCc2ccccc21)c1ccccc1. The van der Waals surface area contributed by atoms with Gasteiger partial charge in [0.25, 0.3) is 0 Å². The van der Waals surface area contributed by atoms with E-state index in [-0.39, 0.29) is 18.5 Å². The van der Waals surface area contributed by atoms with Gasteiger partial charge in [-0.2, -0.15) is 0 Å². The Morgan fingerprint density at radius 2 is 1.80 bits per heavy atom. The molecule has 6 heteroatoms. The van der Waals surface area contributed by atoms with Gasteiger partial charge in [0.15, 0.2) is 0 Å². The molecule has 0 heterocycles. The molecule has 1 aliphatic rings. The number of nitrogens with one attached hydrogen (secondary N) is 1. The number of amides is 1. The summed E-state index contributed by atoms with van der Waals surface area (Å²) in [6.45, 7) is -0.221. The lowest BCUT2D eigenvalue weighted by Gasteiger charge is -2.28. The number of aryl methyl sites for hydroxylation is 1. The molecule has 0 radical (unpaired) electrons. The van der Waals surface area contributed by atoms with E-state index in [9.17, 15) is 13.2 Å². The highest BCUT2D eigenvalue weighted by molar-refractivity contribution is 7.92. The fourth-order valence-corrected chi connectivity index (χ4v) is 4.12. The Labute approximate surface area is 148 Å². The standard InChI is InChI=1S/C19H22N2O3S/c1-25(23,24)21(16-10-3-2-4-11-16)14-19(22)20-18-13-7-9-15-8-5-6-12-17(15)18/h2-6,8,10-12,18H,7,9,13-14H2,1H3,(H,20,22)/t18-/m0/s1. The van der Waals surface area contributed by atoms with E-state index in [1.807, 2.05) is 24.3 Å². The monoisotopic (exact) mass is 358 g/mol. The van der Waals surface area contributed by atoms with Crippen molar-refractivity contribution in [2.45, 2.75) is 25.3 Å². The number of sulfonamides is 1.